The number of benzene rings is 1. The van der Waals surface area contributed by atoms with Crippen molar-refractivity contribution in [1.29, 1.82) is 0 Å². The summed E-state index contributed by atoms with van der Waals surface area (Å²) in [4.78, 5) is 47.4. The maximum atomic E-state index is 12.8. The van der Waals surface area contributed by atoms with Crippen LogP contribution < -0.4 is 14.8 Å². The van der Waals surface area contributed by atoms with Gasteiger partial charge in [-0.15, -0.1) is 0 Å². The molecule has 34 heavy (non-hydrogen) atoms. The van der Waals surface area contributed by atoms with Gasteiger partial charge in [-0.3, -0.25) is 14.6 Å². The number of carbonyl (C=O) groups excluding carboxylic acids is 3. The predicted molar refractivity (Wildman–Crippen MR) is 125 cm³/mol. The molecule has 0 bridgehead atoms. The van der Waals surface area contributed by atoms with Gasteiger partial charge in [-0.1, -0.05) is 6.07 Å². The topological polar surface area (TPSA) is 104 Å². The Bertz CT molecular complexity index is 1040. The number of carbonyl (C=O) groups is 3. The summed E-state index contributed by atoms with van der Waals surface area (Å²) in [5.41, 5.74) is 1.36. The fourth-order valence-corrected chi connectivity index (χ4v) is 4.37. The highest BCUT2D eigenvalue weighted by atomic mass is 16.5. The van der Waals surface area contributed by atoms with Crippen LogP contribution in [0.5, 0.6) is 11.5 Å². The number of hydrogen-bond acceptors (Lipinski definition) is 6. The number of methoxy groups -OCH3 is 2. The third-order valence-corrected chi connectivity index (χ3v) is 6.25. The second kappa shape index (κ2) is 10.4. The van der Waals surface area contributed by atoms with Gasteiger partial charge in [0.1, 0.15) is 0 Å². The summed E-state index contributed by atoms with van der Waals surface area (Å²) in [6, 6.07) is 10.4. The Kier molecular flexibility index (Phi) is 7.15. The van der Waals surface area contributed by atoms with Gasteiger partial charge in [0.15, 0.2) is 11.5 Å². The number of hydrogen-bond donors (Lipinski definition) is 1. The Morgan fingerprint density at radius 1 is 1.00 bits per heavy atom. The molecule has 3 heterocycles. The number of nitrogens with zero attached hydrogens (tertiary/aromatic N) is 4. The average molecular weight is 468 g/mol. The van der Waals surface area contributed by atoms with E-state index in [1.165, 1.54) is 0 Å². The van der Waals surface area contributed by atoms with Crippen LogP contribution in [0.25, 0.3) is 0 Å². The lowest BCUT2D eigenvalue weighted by atomic mass is 10.0. The minimum atomic E-state index is -0.495. The Morgan fingerprint density at radius 3 is 2.44 bits per heavy atom. The Labute approximate surface area is 198 Å². The minimum Gasteiger partial charge on any atom is -0.493 e. The van der Waals surface area contributed by atoms with Crippen LogP contribution in [0.1, 0.15) is 18.5 Å². The average Bonchev–Trinajstić information content (AvgIpc) is 2.87. The van der Waals surface area contributed by atoms with Crippen molar-refractivity contribution in [1.82, 2.24) is 19.7 Å². The van der Waals surface area contributed by atoms with E-state index in [-0.39, 0.29) is 12.1 Å². The fourth-order valence-electron chi connectivity index (χ4n) is 4.37. The molecule has 2 aliphatic heterocycles. The third-order valence-electron chi connectivity index (χ3n) is 6.25. The van der Waals surface area contributed by atoms with Gasteiger partial charge in [-0.2, -0.15) is 0 Å². The molecule has 1 N–H and O–H groups in total. The van der Waals surface area contributed by atoms with Gasteiger partial charge in [-0.05, 0) is 37.1 Å². The van der Waals surface area contributed by atoms with Gasteiger partial charge in [0.2, 0.25) is 0 Å². The molecule has 0 spiro atoms. The van der Waals surface area contributed by atoms with Crippen LogP contribution in [0.3, 0.4) is 0 Å². The first-order valence-corrected chi connectivity index (χ1v) is 11.3. The number of anilines is 1. The molecule has 1 aromatic heterocycles. The Morgan fingerprint density at radius 2 is 1.76 bits per heavy atom. The van der Waals surface area contributed by atoms with Crippen LogP contribution in [-0.4, -0.2) is 84.0 Å². The molecule has 10 heteroatoms. The van der Waals surface area contributed by atoms with E-state index < -0.39 is 11.8 Å². The van der Waals surface area contributed by atoms with Crippen LogP contribution in [0.2, 0.25) is 0 Å². The molecular weight excluding hydrogens is 438 g/mol. The SMILES string of the molecule is COc1ccc(NC(=O)N2CCC(N3CCN(Cc4ccccn4)C(=O)C3=O)CC2)cc1OC. The quantitative estimate of drug-likeness (QED) is 0.652. The van der Waals surface area contributed by atoms with E-state index in [2.05, 4.69) is 10.3 Å². The highest BCUT2D eigenvalue weighted by molar-refractivity contribution is 6.35. The second-order valence-electron chi connectivity index (χ2n) is 8.26. The molecule has 0 aliphatic carbocycles. The van der Waals surface area contributed by atoms with E-state index in [1.807, 2.05) is 18.2 Å². The minimum absolute atomic E-state index is 0.0569. The lowest BCUT2D eigenvalue weighted by molar-refractivity contribution is -0.158. The summed E-state index contributed by atoms with van der Waals surface area (Å²) >= 11 is 0. The number of likely N-dealkylation sites (tertiary alicyclic amines) is 1. The second-order valence-corrected chi connectivity index (χ2v) is 8.26. The fraction of sp³-hybridized carbons (Fsp3) is 0.417. The van der Waals surface area contributed by atoms with Gasteiger partial charge in [0.25, 0.3) is 0 Å². The van der Waals surface area contributed by atoms with Crippen LogP contribution in [0.4, 0.5) is 10.5 Å². The van der Waals surface area contributed by atoms with Crippen LogP contribution >= 0.6 is 0 Å². The van der Waals surface area contributed by atoms with Crippen LogP contribution in [0.15, 0.2) is 42.6 Å². The molecule has 0 unspecified atom stereocenters. The standard InChI is InChI=1S/C24H29N5O5/c1-33-20-7-6-17(15-21(20)34-2)26-24(32)27-11-8-19(9-12-27)29-14-13-28(22(30)23(29)31)16-18-5-3-4-10-25-18/h3-7,10,15,19H,8-9,11-14,16H2,1-2H3,(H,26,32). The molecule has 0 radical (unpaired) electrons. The zero-order chi connectivity index (χ0) is 24.1. The highest BCUT2D eigenvalue weighted by Gasteiger charge is 2.38. The summed E-state index contributed by atoms with van der Waals surface area (Å²) in [6.45, 7) is 2.29. The summed E-state index contributed by atoms with van der Waals surface area (Å²) in [7, 11) is 3.09. The monoisotopic (exact) mass is 467 g/mol. The van der Waals surface area contributed by atoms with Crippen molar-refractivity contribution < 1.29 is 23.9 Å². The lowest BCUT2D eigenvalue weighted by Crippen LogP contribution is -2.59. The van der Waals surface area contributed by atoms with Gasteiger partial charge in [0, 0.05) is 50.2 Å². The molecule has 2 aromatic rings. The van der Waals surface area contributed by atoms with Crippen molar-refractivity contribution in [2.45, 2.75) is 25.4 Å². The van der Waals surface area contributed by atoms with Crippen molar-refractivity contribution in [3.63, 3.8) is 0 Å². The van der Waals surface area contributed by atoms with Crippen molar-refractivity contribution in [3.8, 4) is 11.5 Å². The van der Waals surface area contributed by atoms with E-state index in [9.17, 15) is 14.4 Å². The number of piperazine rings is 1. The van der Waals surface area contributed by atoms with Crippen molar-refractivity contribution in [2.24, 2.45) is 0 Å². The molecule has 4 amide bonds. The first kappa shape index (κ1) is 23.3. The molecule has 2 saturated heterocycles. The molecule has 0 saturated carbocycles. The van der Waals surface area contributed by atoms with E-state index in [0.717, 1.165) is 5.69 Å². The number of piperidine rings is 1. The maximum Gasteiger partial charge on any atom is 0.321 e. The molecule has 10 nitrogen and oxygen atoms in total. The van der Waals surface area contributed by atoms with E-state index >= 15 is 0 Å². The number of amides is 4. The normalized spacial score (nSPS) is 17.1. The Hall–Kier alpha value is -3.82. The number of ether oxygens (including phenoxy) is 2. The zero-order valence-corrected chi connectivity index (χ0v) is 19.4. The highest BCUT2D eigenvalue weighted by Crippen LogP contribution is 2.30. The first-order chi connectivity index (χ1) is 16.5. The smallest absolute Gasteiger partial charge is 0.321 e. The third kappa shape index (κ3) is 5.05. The van der Waals surface area contributed by atoms with Crippen molar-refractivity contribution in [3.05, 3.63) is 48.3 Å². The maximum absolute atomic E-state index is 12.8. The molecule has 2 aliphatic rings. The number of urea groups is 1. The Balaban J connectivity index is 1.29. The number of nitrogens with one attached hydrogen (secondary N) is 1. The number of rotatable bonds is 6. The van der Waals surface area contributed by atoms with E-state index in [1.54, 1.807) is 53.3 Å². The summed E-state index contributed by atoms with van der Waals surface area (Å²) in [5.74, 6) is 0.144. The van der Waals surface area contributed by atoms with Crippen molar-refractivity contribution in [2.75, 3.05) is 45.7 Å². The molecule has 2 fully saturated rings. The van der Waals surface area contributed by atoms with Crippen LogP contribution in [0, 0.1) is 0 Å². The largest absolute Gasteiger partial charge is 0.493 e. The zero-order valence-electron chi connectivity index (χ0n) is 19.4. The van der Waals surface area contributed by atoms with E-state index in [4.69, 9.17) is 9.47 Å². The number of pyridine rings is 1. The van der Waals surface area contributed by atoms with Gasteiger partial charge < -0.3 is 29.5 Å². The first-order valence-electron chi connectivity index (χ1n) is 11.3. The summed E-state index contributed by atoms with van der Waals surface area (Å²) < 4.78 is 10.5. The molecule has 0 atom stereocenters. The van der Waals surface area contributed by atoms with Gasteiger partial charge >= 0.3 is 17.8 Å². The van der Waals surface area contributed by atoms with Crippen LogP contribution in [-0.2, 0) is 16.1 Å². The van der Waals surface area contributed by atoms with Crippen molar-refractivity contribution >= 4 is 23.5 Å². The number of aromatic nitrogens is 1. The van der Waals surface area contributed by atoms with E-state index in [0.29, 0.717) is 62.8 Å². The molecular formula is C24H29N5O5. The summed E-state index contributed by atoms with van der Waals surface area (Å²) in [5, 5.41) is 2.88. The molecule has 180 valence electrons. The molecule has 4 rings (SSSR count). The van der Waals surface area contributed by atoms with Gasteiger partial charge in [-0.25, -0.2) is 4.79 Å². The molecule has 1 aromatic carbocycles. The predicted octanol–water partition coefficient (Wildman–Crippen LogP) is 1.97. The van der Waals surface area contributed by atoms with Gasteiger partial charge in [0.05, 0.1) is 26.5 Å². The summed E-state index contributed by atoms with van der Waals surface area (Å²) in [6.07, 6.45) is 2.92. The lowest BCUT2D eigenvalue weighted by Gasteiger charge is -2.42.